The van der Waals surface area contributed by atoms with Crippen molar-refractivity contribution >= 4 is 32.9 Å². The average molecular weight is 300 g/mol. The number of nitrogens with zero attached hydrogens (tertiary/aromatic N) is 1. The molecule has 0 amide bonds. The van der Waals surface area contributed by atoms with Gasteiger partial charge in [0.15, 0.2) is 0 Å². The first-order valence-electron chi connectivity index (χ1n) is 6.00. The maximum absolute atomic E-state index is 12.0. The van der Waals surface area contributed by atoms with Gasteiger partial charge in [0.1, 0.15) is 17.3 Å². The number of hydrogen-bond donors (Lipinski definition) is 1. The predicted molar refractivity (Wildman–Crippen MR) is 79.1 cm³/mol. The minimum atomic E-state index is -3.20. The fraction of sp³-hybridized carbons (Fsp3) is 0.417. The number of rotatable bonds is 4. The summed E-state index contributed by atoms with van der Waals surface area (Å²) in [5.74, 6) is 0.761. The third kappa shape index (κ3) is 3.57. The smallest absolute Gasteiger partial charge is 0.235 e. The van der Waals surface area contributed by atoms with Crippen LogP contribution in [0.4, 0.5) is 5.69 Å². The topological polar surface area (TPSA) is 72.6 Å². The number of benzene rings is 1. The van der Waals surface area contributed by atoms with Crippen molar-refractivity contribution in [3.63, 3.8) is 0 Å². The second kappa shape index (κ2) is 5.75. The van der Waals surface area contributed by atoms with Crippen LogP contribution in [-0.2, 0) is 10.0 Å². The lowest BCUT2D eigenvalue weighted by atomic mass is 10.2. The summed E-state index contributed by atoms with van der Waals surface area (Å²) in [6.07, 6.45) is 1.59. The van der Waals surface area contributed by atoms with E-state index in [1.54, 1.807) is 24.3 Å². The molecule has 0 radical (unpaired) electrons. The van der Waals surface area contributed by atoms with Gasteiger partial charge in [0.2, 0.25) is 10.0 Å². The molecule has 1 aromatic rings. The molecule has 0 unspecified atom stereocenters. The third-order valence-electron chi connectivity index (χ3n) is 2.84. The first-order valence-corrected chi connectivity index (χ1v) is 8.02. The number of hydrogen-bond acceptors (Lipinski definition) is 4. The summed E-state index contributed by atoms with van der Waals surface area (Å²) < 4.78 is 30.8. The van der Waals surface area contributed by atoms with Gasteiger partial charge in [0.25, 0.3) is 0 Å². The van der Waals surface area contributed by atoms with Crippen molar-refractivity contribution in [2.45, 2.75) is 12.8 Å². The minimum Gasteiger partial charge on any atom is -0.486 e. The molecule has 0 atom stereocenters. The summed E-state index contributed by atoms with van der Waals surface area (Å²) >= 11 is 4.74. The zero-order chi connectivity index (χ0) is 13.9. The van der Waals surface area contributed by atoms with E-state index in [-0.39, 0.29) is 17.3 Å². The normalized spacial score (nSPS) is 18.0. The van der Waals surface area contributed by atoms with E-state index in [0.717, 1.165) is 12.8 Å². The Morgan fingerprint density at radius 2 is 2.21 bits per heavy atom. The second-order valence-electron chi connectivity index (χ2n) is 4.35. The number of ether oxygens (including phenoxy) is 1. The van der Waals surface area contributed by atoms with Crippen molar-refractivity contribution < 1.29 is 13.2 Å². The highest BCUT2D eigenvalue weighted by Crippen LogP contribution is 2.26. The Morgan fingerprint density at radius 1 is 1.42 bits per heavy atom. The van der Waals surface area contributed by atoms with E-state index in [4.69, 9.17) is 22.7 Å². The standard InChI is InChI=1S/C12H16N2O3S2/c13-12(18)9-17-11-5-3-4-10(8-11)14-6-1-2-7-19(14,15)16/h3-5,8H,1-2,6-7,9H2,(H2,13,18). The molecule has 2 N–H and O–H groups in total. The lowest BCUT2D eigenvalue weighted by Crippen LogP contribution is -2.37. The van der Waals surface area contributed by atoms with E-state index < -0.39 is 10.0 Å². The van der Waals surface area contributed by atoms with Crippen molar-refractivity contribution in [1.82, 2.24) is 0 Å². The SMILES string of the molecule is NC(=S)COc1cccc(N2CCCCS2(=O)=O)c1. The first kappa shape index (κ1) is 14.1. The molecule has 1 aliphatic heterocycles. The van der Waals surface area contributed by atoms with Gasteiger partial charge in [0, 0.05) is 12.6 Å². The van der Waals surface area contributed by atoms with E-state index in [9.17, 15) is 8.42 Å². The molecule has 0 aromatic heterocycles. The van der Waals surface area contributed by atoms with Crippen molar-refractivity contribution in [2.75, 3.05) is 23.2 Å². The summed E-state index contributed by atoms with van der Waals surface area (Å²) in [6.45, 7) is 0.659. The van der Waals surface area contributed by atoms with E-state index in [1.807, 2.05) is 0 Å². The summed E-state index contributed by atoms with van der Waals surface area (Å²) in [5, 5.41) is 0. The molecule has 0 spiro atoms. The summed E-state index contributed by atoms with van der Waals surface area (Å²) in [6, 6.07) is 6.96. The molecule has 19 heavy (non-hydrogen) atoms. The fourth-order valence-electron chi connectivity index (χ4n) is 1.96. The van der Waals surface area contributed by atoms with E-state index in [2.05, 4.69) is 0 Å². The number of anilines is 1. The zero-order valence-electron chi connectivity index (χ0n) is 10.4. The molecule has 5 nitrogen and oxygen atoms in total. The van der Waals surface area contributed by atoms with Crippen LogP contribution >= 0.6 is 12.2 Å². The Hall–Kier alpha value is -1.34. The van der Waals surface area contributed by atoms with Gasteiger partial charge in [-0.15, -0.1) is 0 Å². The van der Waals surface area contributed by atoms with Crippen LogP contribution < -0.4 is 14.8 Å². The Bertz CT molecular complexity index is 572. The highest BCUT2D eigenvalue weighted by molar-refractivity contribution is 7.92. The van der Waals surface area contributed by atoms with Crippen molar-refractivity contribution in [2.24, 2.45) is 5.73 Å². The highest BCUT2D eigenvalue weighted by atomic mass is 32.2. The van der Waals surface area contributed by atoms with Gasteiger partial charge in [-0.3, -0.25) is 4.31 Å². The van der Waals surface area contributed by atoms with Gasteiger partial charge >= 0.3 is 0 Å². The van der Waals surface area contributed by atoms with E-state index in [0.29, 0.717) is 18.0 Å². The molecule has 1 aliphatic rings. The van der Waals surface area contributed by atoms with Crippen LogP contribution in [0.25, 0.3) is 0 Å². The number of nitrogens with two attached hydrogens (primary N) is 1. The van der Waals surface area contributed by atoms with Crippen LogP contribution in [0.1, 0.15) is 12.8 Å². The van der Waals surface area contributed by atoms with Crippen molar-refractivity contribution in [3.8, 4) is 5.75 Å². The molecule has 2 rings (SSSR count). The maximum Gasteiger partial charge on any atom is 0.235 e. The first-order chi connectivity index (χ1) is 8.99. The van der Waals surface area contributed by atoms with Crippen LogP contribution in [0.5, 0.6) is 5.75 Å². The minimum absolute atomic E-state index is 0.144. The van der Waals surface area contributed by atoms with E-state index in [1.165, 1.54) is 4.31 Å². The molecule has 104 valence electrons. The second-order valence-corrected chi connectivity index (χ2v) is 6.88. The van der Waals surface area contributed by atoms with Gasteiger partial charge in [0.05, 0.1) is 11.4 Å². The van der Waals surface area contributed by atoms with E-state index >= 15 is 0 Å². The molecule has 1 heterocycles. The van der Waals surface area contributed by atoms with Gasteiger partial charge in [-0.2, -0.15) is 0 Å². The van der Waals surface area contributed by atoms with Gasteiger partial charge in [-0.25, -0.2) is 8.42 Å². The van der Waals surface area contributed by atoms with Gasteiger partial charge < -0.3 is 10.5 Å². The number of thiocarbonyl (C=S) groups is 1. The molecule has 0 saturated carbocycles. The molecule has 0 bridgehead atoms. The van der Waals surface area contributed by atoms with Crippen LogP contribution in [0.3, 0.4) is 0 Å². The quantitative estimate of drug-likeness (QED) is 0.848. The summed E-state index contributed by atoms with van der Waals surface area (Å²) in [5.41, 5.74) is 5.99. The Balaban J connectivity index is 2.20. The third-order valence-corrected chi connectivity index (χ3v) is 4.82. The predicted octanol–water partition coefficient (Wildman–Crippen LogP) is 1.28. The van der Waals surface area contributed by atoms with Crippen molar-refractivity contribution in [3.05, 3.63) is 24.3 Å². The van der Waals surface area contributed by atoms with Gasteiger partial charge in [-0.1, -0.05) is 18.3 Å². The van der Waals surface area contributed by atoms with Gasteiger partial charge in [-0.05, 0) is 25.0 Å². The maximum atomic E-state index is 12.0. The molecule has 7 heteroatoms. The molecular weight excluding hydrogens is 284 g/mol. The lowest BCUT2D eigenvalue weighted by Gasteiger charge is -2.28. The average Bonchev–Trinajstić information content (AvgIpc) is 2.36. The Morgan fingerprint density at radius 3 is 2.89 bits per heavy atom. The summed E-state index contributed by atoms with van der Waals surface area (Å²) in [7, 11) is -3.20. The molecular formula is C12H16N2O3S2. The van der Waals surface area contributed by atoms with Crippen molar-refractivity contribution in [1.29, 1.82) is 0 Å². The fourth-order valence-corrected chi connectivity index (χ4v) is 3.65. The monoisotopic (exact) mass is 300 g/mol. The molecule has 1 saturated heterocycles. The lowest BCUT2D eigenvalue weighted by molar-refractivity contribution is 0.377. The Kier molecular flexibility index (Phi) is 4.26. The van der Waals surface area contributed by atoms with Crippen LogP contribution in [-0.4, -0.2) is 32.3 Å². The molecule has 1 fully saturated rings. The number of sulfonamides is 1. The molecule has 0 aliphatic carbocycles. The summed E-state index contributed by atoms with van der Waals surface area (Å²) in [4.78, 5) is 0.260. The zero-order valence-corrected chi connectivity index (χ0v) is 12.0. The van der Waals surface area contributed by atoms with Crippen LogP contribution in [0.2, 0.25) is 0 Å². The van der Waals surface area contributed by atoms with Crippen LogP contribution in [0, 0.1) is 0 Å². The van der Waals surface area contributed by atoms with Crippen LogP contribution in [0.15, 0.2) is 24.3 Å². The molecule has 1 aromatic carbocycles. The highest BCUT2D eigenvalue weighted by Gasteiger charge is 2.26. The largest absolute Gasteiger partial charge is 0.486 e. The Labute approximate surface area is 118 Å².